The molecule has 0 bridgehead atoms. The molecule has 1 aromatic rings. The lowest BCUT2D eigenvalue weighted by molar-refractivity contribution is -0.143. The van der Waals surface area contributed by atoms with E-state index in [1.807, 2.05) is 0 Å². The summed E-state index contributed by atoms with van der Waals surface area (Å²) in [5, 5.41) is 9.09. The van der Waals surface area contributed by atoms with Gasteiger partial charge in [0, 0.05) is 13.1 Å². The van der Waals surface area contributed by atoms with Crippen molar-refractivity contribution >= 4 is 5.97 Å². The Morgan fingerprint density at radius 3 is 2.94 bits per heavy atom. The maximum Gasteiger partial charge on any atom is 0.307 e. The fraction of sp³-hybridized carbons (Fsp3) is 0.533. The van der Waals surface area contributed by atoms with Crippen LogP contribution in [-0.2, 0) is 11.3 Å². The van der Waals surface area contributed by atoms with Crippen molar-refractivity contribution in [3.8, 4) is 0 Å². The Labute approximate surface area is 108 Å². The molecular weight excluding hydrogens is 226 g/mol. The predicted molar refractivity (Wildman–Crippen MR) is 71.6 cm³/mol. The van der Waals surface area contributed by atoms with Gasteiger partial charge in [0.25, 0.3) is 0 Å². The average molecular weight is 247 g/mol. The van der Waals surface area contributed by atoms with Gasteiger partial charge in [-0.1, -0.05) is 23.8 Å². The van der Waals surface area contributed by atoms with Crippen LogP contribution in [0.5, 0.6) is 0 Å². The lowest BCUT2D eigenvalue weighted by Crippen LogP contribution is -2.38. The van der Waals surface area contributed by atoms with Gasteiger partial charge in [0.05, 0.1) is 5.92 Å². The zero-order valence-corrected chi connectivity index (χ0v) is 11.1. The second-order valence-electron chi connectivity index (χ2n) is 5.34. The molecule has 1 N–H and O–H groups in total. The summed E-state index contributed by atoms with van der Waals surface area (Å²) >= 11 is 0. The zero-order chi connectivity index (χ0) is 13.1. The number of nitrogens with zero attached hydrogens (tertiary/aromatic N) is 1. The molecule has 1 saturated heterocycles. The number of aryl methyl sites for hydroxylation is 2. The summed E-state index contributed by atoms with van der Waals surface area (Å²) in [5.41, 5.74) is 3.88. The van der Waals surface area contributed by atoms with Gasteiger partial charge in [-0.25, -0.2) is 0 Å². The number of likely N-dealkylation sites (tertiary alicyclic amines) is 1. The van der Waals surface area contributed by atoms with E-state index >= 15 is 0 Å². The number of aliphatic carboxylic acids is 1. The Hall–Kier alpha value is -1.35. The van der Waals surface area contributed by atoms with Crippen LogP contribution in [0, 0.1) is 19.8 Å². The average Bonchev–Trinajstić information content (AvgIpc) is 2.34. The molecule has 1 atom stereocenters. The lowest BCUT2D eigenvalue weighted by Gasteiger charge is -2.31. The Morgan fingerprint density at radius 1 is 1.44 bits per heavy atom. The van der Waals surface area contributed by atoms with E-state index < -0.39 is 5.97 Å². The number of hydrogen-bond donors (Lipinski definition) is 1. The molecule has 0 amide bonds. The summed E-state index contributed by atoms with van der Waals surface area (Å²) in [6.07, 6.45) is 1.81. The number of hydrogen-bond acceptors (Lipinski definition) is 2. The van der Waals surface area contributed by atoms with Crippen LogP contribution in [0.2, 0.25) is 0 Å². The fourth-order valence-electron chi connectivity index (χ4n) is 2.61. The van der Waals surface area contributed by atoms with Crippen molar-refractivity contribution in [1.29, 1.82) is 0 Å². The predicted octanol–water partition coefficient (Wildman–Crippen LogP) is 2.60. The molecule has 0 unspecified atom stereocenters. The van der Waals surface area contributed by atoms with Crippen LogP contribution < -0.4 is 0 Å². The molecule has 1 aliphatic rings. The van der Waals surface area contributed by atoms with Crippen molar-refractivity contribution in [3.63, 3.8) is 0 Å². The minimum atomic E-state index is -0.652. The van der Waals surface area contributed by atoms with E-state index in [0.717, 1.165) is 25.9 Å². The molecule has 98 valence electrons. The van der Waals surface area contributed by atoms with Crippen molar-refractivity contribution in [1.82, 2.24) is 4.90 Å². The van der Waals surface area contributed by atoms with Crippen molar-refractivity contribution < 1.29 is 9.90 Å². The Kier molecular flexibility index (Phi) is 4.02. The van der Waals surface area contributed by atoms with Crippen LogP contribution in [0.25, 0.3) is 0 Å². The number of rotatable bonds is 3. The second-order valence-corrected chi connectivity index (χ2v) is 5.34. The molecule has 1 aromatic carbocycles. The van der Waals surface area contributed by atoms with Crippen molar-refractivity contribution in [2.75, 3.05) is 13.1 Å². The molecule has 3 heteroatoms. The Morgan fingerprint density at radius 2 is 2.22 bits per heavy atom. The highest BCUT2D eigenvalue weighted by Crippen LogP contribution is 2.20. The smallest absolute Gasteiger partial charge is 0.307 e. The van der Waals surface area contributed by atoms with Crippen LogP contribution >= 0.6 is 0 Å². The number of piperidine rings is 1. The summed E-state index contributed by atoms with van der Waals surface area (Å²) in [7, 11) is 0. The normalized spacial score (nSPS) is 20.9. The molecule has 1 fully saturated rings. The molecule has 0 saturated carbocycles. The van der Waals surface area contributed by atoms with Crippen LogP contribution in [0.1, 0.15) is 29.5 Å². The molecular formula is C15H21NO2. The molecule has 0 aromatic heterocycles. The Balaban J connectivity index is 2.04. The van der Waals surface area contributed by atoms with E-state index in [1.165, 1.54) is 16.7 Å². The van der Waals surface area contributed by atoms with Gasteiger partial charge in [0.2, 0.25) is 0 Å². The number of carbonyl (C=O) groups is 1. The first-order valence-electron chi connectivity index (χ1n) is 6.57. The summed E-state index contributed by atoms with van der Waals surface area (Å²) < 4.78 is 0. The number of carboxylic acids is 1. The standard InChI is InChI=1S/C15H21NO2/c1-11-5-6-12(2)14(8-11)10-16-7-3-4-13(9-16)15(17)18/h5-6,8,13H,3-4,7,9-10H2,1-2H3,(H,17,18)/t13-/m0/s1. The minimum Gasteiger partial charge on any atom is -0.481 e. The number of carboxylic acid groups (broad SMARTS) is 1. The monoisotopic (exact) mass is 247 g/mol. The van der Waals surface area contributed by atoms with Gasteiger partial charge in [0.15, 0.2) is 0 Å². The zero-order valence-electron chi connectivity index (χ0n) is 11.1. The third-order valence-corrected chi connectivity index (χ3v) is 3.75. The van der Waals surface area contributed by atoms with E-state index in [1.54, 1.807) is 0 Å². The highest BCUT2D eigenvalue weighted by molar-refractivity contribution is 5.70. The maximum absolute atomic E-state index is 11.0. The number of benzene rings is 1. The molecule has 0 spiro atoms. The van der Waals surface area contributed by atoms with Crippen molar-refractivity contribution in [2.45, 2.75) is 33.2 Å². The molecule has 2 rings (SSSR count). The quantitative estimate of drug-likeness (QED) is 0.892. The Bertz CT molecular complexity index is 442. The van der Waals surface area contributed by atoms with Crippen LogP contribution in [-0.4, -0.2) is 29.1 Å². The highest BCUT2D eigenvalue weighted by atomic mass is 16.4. The molecule has 0 radical (unpaired) electrons. The maximum atomic E-state index is 11.0. The first-order valence-corrected chi connectivity index (χ1v) is 6.57. The summed E-state index contributed by atoms with van der Waals surface area (Å²) in [6.45, 7) is 6.78. The van der Waals surface area contributed by atoms with Crippen LogP contribution in [0.15, 0.2) is 18.2 Å². The first-order chi connectivity index (χ1) is 8.56. The SMILES string of the molecule is Cc1ccc(C)c(CN2CCC[C@H](C(=O)O)C2)c1. The van der Waals surface area contributed by atoms with E-state index in [4.69, 9.17) is 5.11 Å². The van der Waals surface area contributed by atoms with Gasteiger partial charge in [-0.15, -0.1) is 0 Å². The molecule has 1 heterocycles. The summed E-state index contributed by atoms with van der Waals surface area (Å²) in [6, 6.07) is 6.47. The van der Waals surface area contributed by atoms with E-state index in [2.05, 4.69) is 36.9 Å². The third-order valence-electron chi connectivity index (χ3n) is 3.75. The first kappa shape index (κ1) is 13.1. The topological polar surface area (TPSA) is 40.5 Å². The van der Waals surface area contributed by atoms with Gasteiger partial charge in [0.1, 0.15) is 0 Å². The lowest BCUT2D eigenvalue weighted by atomic mass is 9.97. The van der Waals surface area contributed by atoms with Gasteiger partial charge in [-0.3, -0.25) is 9.69 Å². The van der Waals surface area contributed by atoms with E-state index in [9.17, 15) is 4.79 Å². The molecule has 0 aliphatic carbocycles. The fourth-order valence-corrected chi connectivity index (χ4v) is 2.61. The molecule has 1 aliphatic heterocycles. The summed E-state index contributed by atoms with van der Waals surface area (Å²) in [4.78, 5) is 13.3. The minimum absolute atomic E-state index is 0.191. The second kappa shape index (κ2) is 5.53. The van der Waals surface area contributed by atoms with Gasteiger partial charge in [-0.05, 0) is 44.4 Å². The van der Waals surface area contributed by atoms with Gasteiger partial charge < -0.3 is 5.11 Å². The molecule has 3 nitrogen and oxygen atoms in total. The van der Waals surface area contributed by atoms with Gasteiger partial charge in [-0.2, -0.15) is 0 Å². The highest BCUT2D eigenvalue weighted by Gasteiger charge is 2.25. The largest absolute Gasteiger partial charge is 0.481 e. The van der Waals surface area contributed by atoms with Crippen molar-refractivity contribution in [3.05, 3.63) is 34.9 Å². The molecule has 18 heavy (non-hydrogen) atoms. The van der Waals surface area contributed by atoms with E-state index in [-0.39, 0.29) is 5.92 Å². The van der Waals surface area contributed by atoms with Gasteiger partial charge >= 0.3 is 5.97 Å². The summed E-state index contributed by atoms with van der Waals surface area (Å²) in [5.74, 6) is -0.843. The van der Waals surface area contributed by atoms with Crippen LogP contribution in [0.4, 0.5) is 0 Å². The van der Waals surface area contributed by atoms with E-state index in [0.29, 0.717) is 6.54 Å². The van der Waals surface area contributed by atoms with Crippen molar-refractivity contribution in [2.24, 2.45) is 5.92 Å². The third kappa shape index (κ3) is 3.10. The van der Waals surface area contributed by atoms with Crippen LogP contribution in [0.3, 0.4) is 0 Å².